The number of nitrogens with zero attached hydrogens (tertiary/aromatic N) is 1. The van der Waals surface area contributed by atoms with Gasteiger partial charge in [-0.05, 0) is 60.4 Å². The van der Waals surface area contributed by atoms with E-state index in [1.165, 1.54) is 0 Å². The van der Waals surface area contributed by atoms with Gasteiger partial charge in [-0.1, -0.05) is 56.5 Å². The lowest BCUT2D eigenvalue weighted by Gasteiger charge is -2.32. The number of hydrogen-bond donors (Lipinski definition) is 3. The van der Waals surface area contributed by atoms with Gasteiger partial charge in [-0.2, -0.15) is 0 Å². The van der Waals surface area contributed by atoms with Crippen LogP contribution in [0.15, 0.2) is 66.7 Å². The van der Waals surface area contributed by atoms with Crippen molar-refractivity contribution in [3.8, 4) is 17.2 Å². The molecule has 0 aromatic heterocycles. The number of nitrogens with two attached hydrogens (primary N) is 1. The van der Waals surface area contributed by atoms with Crippen molar-refractivity contribution in [2.45, 2.75) is 57.6 Å². The van der Waals surface area contributed by atoms with Crippen LogP contribution in [0, 0.1) is 0 Å². The molecule has 0 spiro atoms. The number of rotatable bonds is 16. The zero-order valence-electron chi connectivity index (χ0n) is 23.3. The SMILES string of the molecule is CCCCCCOC(Cc1cc(OCCN2c3ccccc3Oc3ccccc32)ccc1CC(N)C(=O)O)C(=O)O. The van der Waals surface area contributed by atoms with Gasteiger partial charge in [0.15, 0.2) is 17.6 Å². The van der Waals surface area contributed by atoms with Crippen LogP contribution < -0.4 is 20.1 Å². The summed E-state index contributed by atoms with van der Waals surface area (Å²) in [5.74, 6) is -0.104. The van der Waals surface area contributed by atoms with Gasteiger partial charge in [0.05, 0.1) is 17.9 Å². The van der Waals surface area contributed by atoms with Crippen molar-refractivity contribution >= 4 is 23.3 Å². The van der Waals surface area contributed by atoms with E-state index >= 15 is 0 Å². The predicted octanol–water partition coefficient (Wildman–Crippen LogP) is 5.56. The summed E-state index contributed by atoms with van der Waals surface area (Å²) in [6.45, 7) is 3.33. The number of unbranched alkanes of at least 4 members (excludes halogenated alkanes) is 3. The molecule has 1 aliphatic rings. The fourth-order valence-corrected chi connectivity index (χ4v) is 4.85. The Morgan fingerprint density at radius 1 is 0.854 bits per heavy atom. The zero-order chi connectivity index (χ0) is 29.2. The summed E-state index contributed by atoms with van der Waals surface area (Å²) >= 11 is 0. The van der Waals surface area contributed by atoms with Gasteiger partial charge >= 0.3 is 11.9 Å². The smallest absolute Gasteiger partial charge is 0.333 e. The van der Waals surface area contributed by atoms with Crippen molar-refractivity contribution in [3.05, 3.63) is 77.9 Å². The third-order valence-electron chi connectivity index (χ3n) is 7.05. The van der Waals surface area contributed by atoms with Gasteiger partial charge in [-0.25, -0.2) is 4.79 Å². The second-order valence-electron chi connectivity index (χ2n) is 10.1. The Labute approximate surface area is 240 Å². The lowest BCUT2D eigenvalue weighted by atomic mass is 9.96. The molecule has 0 bridgehead atoms. The number of anilines is 2. The Kier molecular flexibility index (Phi) is 10.6. The Morgan fingerprint density at radius 3 is 2.17 bits per heavy atom. The molecule has 0 saturated heterocycles. The van der Waals surface area contributed by atoms with Crippen LogP contribution in [-0.4, -0.2) is 54.1 Å². The standard InChI is InChI=1S/C32H38N2O7/c1-2-3-4-9-17-40-30(32(37)38)21-23-19-24(15-14-22(23)20-25(33)31(35)36)39-18-16-34-26-10-5-7-12-28(26)41-29-13-8-6-11-27(29)34/h5-8,10-15,19,25,30H,2-4,9,16-18,20-21,33H2,1H3,(H,35,36)(H,37,38). The Bertz CT molecular complexity index is 1280. The average molecular weight is 563 g/mol. The monoisotopic (exact) mass is 562 g/mol. The highest BCUT2D eigenvalue weighted by Gasteiger charge is 2.25. The van der Waals surface area contributed by atoms with E-state index in [-0.39, 0.29) is 12.8 Å². The molecular weight excluding hydrogens is 524 g/mol. The van der Waals surface area contributed by atoms with Gasteiger partial charge in [0, 0.05) is 13.0 Å². The molecular formula is C32H38N2O7. The summed E-state index contributed by atoms with van der Waals surface area (Å²) in [6.07, 6.45) is 2.98. The van der Waals surface area contributed by atoms with Crippen LogP contribution in [0.3, 0.4) is 0 Å². The molecule has 41 heavy (non-hydrogen) atoms. The molecule has 218 valence electrons. The number of ether oxygens (including phenoxy) is 3. The molecule has 4 rings (SSSR count). The van der Waals surface area contributed by atoms with Crippen LogP contribution in [-0.2, 0) is 27.2 Å². The first-order valence-corrected chi connectivity index (χ1v) is 14.1. The molecule has 1 heterocycles. The van der Waals surface area contributed by atoms with Crippen LogP contribution in [0.25, 0.3) is 0 Å². The number of hydrogen-bond acceptors (Lipinski definition) is 7. The molecule has 9 nitrogen and oxygen atoms in total. The van der Waals surface area contributed by atoms with E-state index in [0.717, 1.165) is 48.6 Å². The molecule has 0 fully saturated rings. The van der Waals surface area contributed by atoms with E-state index in [1.807, 2.05) is 48.5 Å². The van der Waals surface area contributed by atoms with E-state index in [1.54, 1.807) is 18.2 Å². The number of aliphatic carboxylic acids is 2. The summed E-state index contributed by atoms with van der Waals surface area (Å²) < 4.78 is 17.9. The van der Waals surface area contributed by atoms with Crippen molar-refractivity contribution in [2.75, 3.05) is 24.7 Å². The van der Waals surface area contributed by atoms with Gasteiger partial charge in [0.25, 0.3) is 0 Å². The maximum atomic E-state index is 12.0. The van der Waals surface area contributed by atoms with Gasteiger partial charge < -0.3 is 35.1 Å². The first-order valence-electron chi connectivity index (χ1n) is 14.1. The van der Waals surface area contributed by atoms with Crippen molar-refractivity contribution in [1.82, 2.24) is 0 Å². The predicted molar refractivity (Wildman–Crippen MR) is 156 cm³/mol. The number of carboxylic acids is 2. The second-order valence-corrected chi connectivity index (χ2v) is 10.1. The van der Waals surface area contributed by atoms with E-state index in [2.05, 4.69) is 11.8 Å². The molecule has 4 N–H and O–H groups in total. The quantitative estimate of drug-likeness (QED) is 0.192. The molecule has 3 aromatic rings. The Hall–Kier alpha value is -4.08. The minimum atomic E-state index is -1.12. The number of carbonyl (C=O) groups is 2. The first-order chi connectivity index (χ1) is 19.9. The molecule has 0 aliphatic carbocycles. The zero-order valence-corrected chi connectivity index (χ0v) is 23.3. The van der Waals surface area contributed by atoms with Crippen molar-refractivity contribution < 1.29 is 34.0 Å². The van der Waals surface area contributed by atoms with Crippen LogP contribution in [0.4, 0.5) is 11.4 Å². The highest BCUT2D eigenvalue weighted by atomic mass is 16.5. The topological polar surface area (TPSA) is 132 Å². The van der Waals surface area contributed by atoms with E-state index in [9.17, 15) is 19.8 Å². The van der Waals surface area contributed by atoms with Crippen molar-refractivity contribution in [3.63, 3.8) is 0 Å². The minimum Gasteiger partial charge on any atom is -0.492 e. The molecule has 0 radical (unpaired) electrons. The molecule has 9 heteroatoms. The largest absolute Gasteiger partial charge is 0.492 e. The highest BCUT2D eigenvalue weighted by Crippen LogP contribution is 2.45. The summed E-state index contributed by atoms with van der Waals surface area (Å²) in [7, 11) is 0. The minimum absolute atomic E-state index is 0.0646. The van der Waals surface area contributed by atoms with E-state index in [0.29, 0.717) is 36.6 Å². The molecule has 2 unspecified atom stereocenters. The lowest BCUT2D eigenvalue weighted by Crippen LogP contribution is -2.33. The maximum absolute atomic E-state index is 12.0. The number of benzene rings is 3. The second kappa shape index (κ2) is 14.5. The van der Waals surface area contributed by atoms with Gasteiger partial charge in [0.2, 0.25) is 0 Å². The van der Waals surface area contributed by atoms with Crippen LogP contribution in [0.1, 0.15) is 43.7 Å². The van der Waals surface area contributed by atoms with Crippen molar-refractivity contribution in [1.29, 1.82) is 0 Å². The Balaban J connectivity index is 1.48. The number of carboxylic acid groups (broad SMARTS) is 2. The number of fused-ring (bicyclic) bond motifs is 2. The van der Waals surface area contributed by atoms with Gasteiger partial charge in [-0.3, -0.25) is 4.79 Å². The lowest BCUT2D eigenvalue weighted by molar-refractivity contribution is -0.150. The van der Waals surface area contributed by atoms with Gasteiger partial charge in [0.1, 0.15) is 18.4 Å². The first kappa shape index (κ1) is 29.9. The fourth-order valence-electron chi connectivity index (χ4n) is 4.85. The summed E-state index contributed by atoms with van der Waals surface area (Å²) in [4.78, 5) is 25.6. The molecule has 0 amide bonds. The molecule has 1 aliphatic heterocycles. The molecule has 0 saturated carbocycles. The number of para-hydroxylation sites is 4. The van der Waals surface area contributed by atoms with Crippen molar-refractivity contribution in [2.24, 2.45) is 5.73 Å². The maximum Gasteiger partial charge on any atom is 0.333 e. The average Bonchev–Trinajstić information content (AvgIpc) is 2.97. The van der Waals surface area contributed by atoms with Crippen LogP contribution in [0.5, 0.6) is 17.2 Å². The third-order valence-corrected chi connectivity index (χ3v) is 7.05. The van der Waals surface area contributed by atoms with Crippen LogP contribution in [0.2, 0.25) is 0 Å². The van der Waals surface area contributed by atoms with Crippen LogP contribution >= 0.6 is 0 Å². The third kappa shape index (κ3) is 7.99. The van der Waals surface area contributed by atoms with E-state index in [4.69, 9.17) is 19.9 Å². The summed E-state index contributed by atoms with van der Waals surface area (Å²) in [6, 6.07) is 19.8. The summed E-state index contributed by atoms with van der Waals surface area (Å²) in [5, 5.41) is 19.2. The fraction of sp³-hybridized carbons (Fsp3) is 0.375. The van der Waals surface area contributed by atoms with Gasteiger partial charge in [-0.15, -0.1) is 0 Å². The van der Waals surface area contributed by atoms with E-state index < -0.39 is 24.1 Å². The highest BCUT2D eigenvalue weighted by molar-refractivity contribution is 5.78. The summed E-state index contributed by atoms with van der Waals surface area (Å²) in [5.41, 5.74) is 8.99. The molecule has 3 aromatic carbocycles. The Morgan fingerprint density at radius 2 is 1.54 bits per heavy atom. The normalized spacial score (nSPS) is 13.5. The molecule has 2 atom stereocenters.